The van der Waals surface area contributed by atoms with Crippen LogP contribution in [0.2, 0.25) is 0 Å². The molecule has 5 nitrogen and oxygen atoms in total. The van der Waals surface area contributed by atoms with E-state index in [4.69, 9.17) is 10.2 Å². The number of thiophene rings is 1. The average Bonchev–Trinajstić information content (AvgIpc) is 3.13. The number of anilines is 1. The second-order valence-corrected chi connectivity index (χ2v) is 7.26. The van der Waals surface area contributed by atoms with Crippen LogP contribution in [0.4, 0.5) is 5.82 Å². The monoisotopic (exact) mass is 349 g/mol. The molecule has 124 valence electrons. The van der Waals surface area contributed by atoms with Crippen LogP contribution in [-0.2, 0) is 0 Å². The number of hydrogen-bond acceptors (Lipinski definition) is 6. The molecule has 4 rings (SSSR count). The summed E-state index contributed by atoms with van der Waals surface area (Å²) in [5.74, 6) is 6.98. The van der Waals surface area contributed by atoms with Crippen molar-refractivity contribution < 1.29 is 9.52 Å². The van der Waals surface area contributed by atoms with Crippen molar-refractivity contribution in [2.45, 2.75) is 19.4 Å². The van der Waals surface area contributed by atoms with Crippen molar-refractivity contribution in [2.75, 3.05) is 5.73 Å². The zero-order chi connectivity index (χ0) is 17.6. The zero-order valence-electron chi connectivity index (χ0n) is 13.7. The van der Waals surface area contributed by atoms with Gasteiger partial charge in [0.05, 0.1) is 15.1 Å². The molecule has 0 fully saturated rings. The Hall–Kier alpha value is -2.88. The van der Waals surface area contributed by atoms with E-state index in [0.717, 1.165) is 25.9 Å². The second kappa shape index (κ2) is 5.59. The fourth-order valence-electron chi connectivity index (χ4n) is 2.60. The number of nitrogens with zero attached hydrogens (tertiary/aromatic N) is 2. The lowest BCUT2D eigenvalue weighted by molar-refractivity contribution is 0.143. The Morgan fingerprint density at radius 1 is 1.28 bits per heavy atom. The Bertz CT molecular complexity index is 1160. The number of furan rings is 1. The van der Waals surface area contributed by atoms with Gasteiger partial charge >= 0.3 is 0 Å². The van der Waals surface area contributed by atoms with Crippen LogP contribution in [0, 0.1) is 11.8 Å². The highest BCUT2D eigenvalue weighted by Gasteiger charge is 2.18. The van der Waals surface area contributed by atoms with Gasteiger partial charge in [0, 0.05) is 29.4 Å². The number of pyridine rings is 2. The lowest BCUT2D eigenvalue weighted by atomic mass is 10.1. The molecule has 0 unspecified atom stereocenters. The van der Waals surface area contributed by atoms with Crippen LogP contribution in [0.3, 0.4) is 0 Å². The number of nitrogen functional groups attached to an aromatic ring is 1. The van der Waals surface area contributed by atoms with E-state index >= 15 is 0 Å². The minimum Gasteiger partial charge on any atom is -0.452 e. The molecular weight excluding hydrogens is 334 g/mol. The van der Waals surface area contributed by atoms with Gasteiger partial charge in [-0.15, -0.1) is 11.3 Å². The SMILES string of the molecule is CC(C)(O)C#Cc1sc2cnccc2c1-c1cc2ccnc(N)c2o1. The Labute approximate surface area is 148 Å². The third-order valence-electron chi connectivity index (χ3n) is 3.68. The van der Waals surface area contributed by atoms with E-state index in [1.807, 2.05) is 18.2 Å². The van der Waals surface area contributed by atoms with Gasteiger partial charge in [-0.1, -0.05) is 11.8 Å². The molecule has 0 aromatic carbocycles. The quantitative estimate of drug-likeness (QED) is 0.510. The molecule has 4 aromatic rings. The summed E-state index contributed by atoms with van der Waals surface area (Å²) in [5.41, 5.74) is 6.29. The second-order valence-electron chi connectivity index (χ2n) is 6.21. The van der Waals surface area contributed by atoms with Gasteiger partial charge in [0.1, 0.15) is 11.4 Å². The van der Waals surface area contributed by atoms with Gasteiger partial charge in [0.15, 0.2) is 11.4 Å². The number of aromatic nitrogens is 2. The topological polar surface area (TPSA) is 85.2 Å². The fourth-order valence-corrected chi connectivity index (χ4v) is 3.63. The summed E-state index contributed by atoms with van der Waals surface area (Å²) in [5, 5.41) is 11.8. The van der Waals surface area contributed by atoms with Crippen LogP contribution >= 0.6 is 11.3 Å². The van der Waals surface area contributed by atoms with Crippen LogP contribution < -0.4 is 5.73 Å². The molecule has 0 bridgehead atoms. The molecule has 0 amide bonds. The maximum absolute atomic E-state index is 9.94. The van der Waals surface area contributed by atoms with E-state index in [1.165, 1.54) is 11.3 Å². The molecule has 0 aliphatic carbocycles. The lowest BCUT2D eigenvalue weighted by Gasteiger charge is -2.05. The Balaban J connectivity index is 2.01. The number of aliphatic hydroxyl groups is 1. The van der Waals surface area contributed by atoms with Crippen molar-refractivity contribution in [3.63, 3.8) is 0 Å². The number of hydrogen-bond donors (Lipinski definition) is 2. The van der Waals surface area contributed by atoms with Crippen molar-refractivity contribution in [1.29, 1.82) is 0 Å². The molecule has 25 heavy (non-hydrogen) atoms. The molecular formula is C19H15N3O2S. The zero-order valence-corrected chi connectivity index (χ0v) is 14.5. The molecule has 0 saturated heterocycles. The van der Waals surface area contributed by atoms with Crippen LogP contribution in [0.1, 0.15) is 18.7 Å². The van der Waals surface area contributed by atoms with E-state index in [1.54, 1.807) is 32.4 Å². The summed E-state index contributed by atoms with van der Waals surface area (Å²) < 4.78 is 7.00. The Morgan fingerprint density at radius 2 is 2.12 bits per heavy atom. The average molecular weight is 349 g/mol. The molecule has 0 aliphatic heterocycles. The summed E-state index contributed by atoms with van der Waals surface area (Å²) in [4.78, 5) is 9.07. The predicted octanol–water partition coefficient (Wildman–Crippen LogP) is 3.81. The third-order valence-corrected chi connectivity index (χ3v) is 4.74. The summed E-state index contributed by atoms with van der Waals surface area (Å²) in [6.07, 6.45) is 5.20. The summed E-state index contributed by atoms with van der Waals surface area (Å²) in [6, 6.07) is 5.73. The first kappa shape index (κ1) is 15.6. The summed E-state index contributed by atoms with van der Waals surface area (Å²) in [7, 11) is 0. The van der Waals surface area contributed by atoms with Crippen molar-refractivity contribution in [3.05, 3.63) is 41.7 Å². The van der Waals surface area contributed by atoms with Gasteiger partial charge in [-0.2, -0.15) is 0 Å². The molecule has 4 aromatic heterocycles. The van der Waals surface area contributed by atoms with E-state index in [0.29, 0.717) is 17.2 Å². The van der Waals surface area contributed by atoms with Crippen molar-refractivity contribution in [3.8, 4) is 23.2 Å². The Morgan fingerprint density at radius 3 is 2.88 bits per heavy atom. The van der Waals surface area contributed by atoms with Gasteiger partial charge in [-0.25, -0.2) is 4.98 Å². The fraction of sp³-hybridized carbons (Fsp3) is 0.158. The standard InChI is InChI=1S/C19H15N3O2S/c1-19(2,23)6-3-14-16(12-5-7-21-10-15(12)25-14)13-9-11-4-8-22-18(20)17(11)24-13/h4-5,7-10,23H,1-2H3,(H2,20,22). The highest BCUT2D eigenvalue weighted by Crippen LogP contribution is 2.40. The van der Waals surface area contributed by atoms with Crippen LogP contribution in [0.15, 0.2) is 41.2 Å². The molecule has 0 atom stereocenters. The third kappa shape index (κ3) is 2.84. The summed E-state index contributed by atoms with van der Waals surface area (Å²) >= 11 is 1.52. The Kier molecular flexibility index (Phi) is 3.49. The molecule has 0 spiro atoms. The molecule has 3 N–H and O–H groups in total. The highest BCUT2D eigenvalue weighted by molar-refractivity contribution is 7.20. The molecule has 6 heteroatoms. The number of nitrogens with two attached hydrogens (primary N) is 1. The molecule has 0 saturated carbocycles. The van der Waals surface area contributed by atoms with Crippen LogP contribution in [0.25, 0.3) is 32.4 Å². The first-order valence-electron chi connectivity index (χ1n) is 7.69. The summed E-state index contributed by atoms with van der Waals surface area (Å²) in [6.45, 7) is 3.31. The van der Waals surface area contributed by atoms with Crippen molar-refractivity contribution in [1.82, 2.24) is 9.97 Å². The first-order chi connectivity index (χ1) is 11.9. The van der Waals surface area contributed by atoms with Gasteiger partial charge in [-0.3, -0.25) is 4.98 Å². The van der Waals surface area contributed by atoms with Gasteiger partial charge in [0.25, 0.3) is 0 Å². The van der Waals surface area contributed by atoms with Crippen molar-refractivity contribution in [2.24, 2.45) is 0 Å². The van der Waals surface area contributed by atoms with Crippen LogP contribution in [0.5, 0.6) is 0 Å². The smallest absolute Gasteiger partial charge is 0.176 e. The van der Waals surface area contributed by atoms with Gasteiger partial charge < -0.3 is 15.3 Å². The highest BCUT2D eigenvalue weighted by atomic mass is 32.1. The maximum atomic E-state index is 9.94. The number of rotatable bonds is 1. The molecule has 0 aliphatic rings. The predicted molar refractivity (Wildman–Crippen MR) is 100 cm³/mol. The lowest BCUT2D eigenvalue weighted by Crippen LogP contribution is -2.14. The minimum atomic E-state index is -1.08. The van der Waals surface area contributed by atoms with E-state index < -0.39 is 5.60 Å². The van der Waals surface area contributed by atoms with E-state index in [9.17, 15) is 5.11 Å². The van der Waals surface area contributed by atoms with Gasteiger partial charge in [-0.05, 0) is 32.0 Å². The van der Waals surface area contributed by atoms with Crippen molar-refractivity contribution >= 4 is 38.2 Å². The maximum Gasteiger partial charge on any atom is 0.176 e. The first-order valence-corrected chi connectivity index (χ1v) is 8.50. The molecule has 0 radical (unpaired) electrons. The number of fused-ring (bicyclic) bond motifs is 2. The molecule has 4 heterocycles. The largest absolute Gasteiger partial charge is 0.452 e. The van der Waals surface area contributed by atoms with E-state index in [2.05, 4.69) is 21.8 Å². The normalized spacial score (nSPS) is 11.6. The minimum absolute atomic E-state index is 0.356. The van der Waals surface area contributed by atoms with Gasteiger partial charge in [0.2, 0.25) is 0 Å². The van der Waals surface area contributed by atoms with Crippen LogP contribution in [-0.4, -0.2) is 20.7 Å². The van der Waals surface area contributed by atoms with E-state index in [-0.39, 0.29) is 0 Å².